The van der Waals surface area contributed by atoms with Crippen molar-refractivity contribution in [3.63, 3.8) is 0 Å². The number of nitrogens with zero attached hydrogens (tertiary/aromatic N) is 4. The zero-order chi connectivity index (χ0) is 14.0. The van der Waals surface area contributed by atoms with E-state index >= 15 is 0 Å². The van der Waals surface area contributed by atoms with E-state index in [0.29, 0.717) is 13.2 Å². The Hall–Kier alpha value is -1.79. The largest absolute Gasteiger partial charge is 0.379 e. The summed E-state index contributed by atoms with van der Waals surface area (Å²) in [5.74, 6) is 0. The van der Waals surface area contributed by atoms with Gasteiger partial charge in [0.15, 0.2) is 0 Å². The normalized spacial score (nSPS) is 10.8. The topological polar surface area (TPSA) is 64.9 Å². The van der Waals surface area contributed by atoms with E-state index in [9.17, 15) is 0 Å². The molecule has 0 amide bonds. The number of nitrogens with one attached hydrogen (secondary N) is 1. The van der Waals surface area contributed by atoms with Crippen molar-refractivity contribution >= 4 is 0 Å². The summed E-state index contributed by atoms with van der Waals surface area (Å²) in [5, 5.41) is 11.4. The van der Waals surface area contributed by atoms with Crippen LogP contribution in [-0.4, -0.2) is 39.7 Å². The number of hydrogen-bond acceptors (Lipinski definition) is 5. The van der Waals surface area contributed by atoms with Crippen molar-refractivity contribution < 1.29 is 4.74 Å². The Kier molecular flexibility index (Phi) is 6.13. The third-order valence-electron chi connectivity index (χ3n) is 2.84. The van der Waals surface area contributed by atoms with E-state index in [1.165, 1.54) is 0 Å². The van der Waals surface area contributed by atoms with Gasteiger partial charge in [-0.3, -0.25) is 4.98 Å². The van der Waals surface area contributed by atoms with Crippen LogP contribution in [0.3, 0.4) is 0 Å². The molecule has 0 saturated carbocycles. The maximum absolute atomic E-state index is 5.59. The maximum atomic E-state index is 5.59. The summed E-state index contributed by atoms with van der Waals surface area (Å²) >= 11 is 0. The zero-order valence-corrected chi connectivity index (χ0v) is 11.8. The molecule has 0 bridgehead atoms. The zero-order valence-electron chi connectivity index (χ0n) is 11.8. The fourth-order valence-corrected chi connectivity index (χ4v) is 1.76. The van der Waals surface area contributed by atoms with Crippen molar-refractivity contribution in [3.05, 3.63) is 42.0 Å². The van der Waals surface area contributed by atoms with Crippen LogP contribution in [0.25, 0.3) is 0 Å². The van der Waals surface area contributed by atoms with Crippen molar-refractivity contribution in [1.82, 2.24) is 25.3 Å². The fraction of sp³-hybridized carbons (Fsp3) is 0.500. The maximum Gasteiger partial charge on any atom is 0.0964 e. The second kappa shape index (κ2) is 8.39. The molecule has 0 saturated heterocycles. The van der Waals surface area contributed by atoms with Crippen molar-refractivity contribution in [1.29, 1.82) is 0 Å². The lowest BCUT2D eigenvalue weighted by molar-refractivity contribution is 0.125. The Balaban J connectivity index is 1.60. The van der Waals surface area contributed by atoms with E-state index in [1.54, 1.807) is 6.20 Å². The first-order chi connectivity index (χ1) is 9.88. The second-order valence-corrected chi connectivity index (χ2v) is 4.44. The number of pyridine rings is 1. The van der Waals surface area contributed by atoms with Gasteiger partial charge in [-0.1, -0.05) is 18.2 Å². The molecular formula is C14H21N5O. The van der Waals surface area contributed by atoms with Gasteiger partial charge in [0.25, 0.3) is 0 Å². The number of rotatable bonds is 9. The Morgan fingerprint density at radius 2 is 2.20 bits per heavy atom. The van der Waals surface area contributed by atoms with E-state index in [2.05, 4.69) is 27.5 Å². The molecule has 0 aliphatic carbocycles. The summed E-state index contributed by atoms with van der Waals surface area (Å²) in [5.41, 5.74) is 2.02. The summed E-state index contributed by atoms with van der Waals surface area (Å²) in [7, 11) is 0. The summed E-state index contributed by atoms with van der Waals surface area (Å²) in [4.78, 5) is 4.25. The first-order valence-electron chi connectivity index (χ1n) is 6.96. The van der Waals surface area contributed by atoms with Gasteiger partial charge in [0, 0.05) is 31.1 Å². The Morgan fingerprint density at radius 1 is 1.25 bits per heavy atom. The summed E-state index contributed by atoms with van der Waals surface area (Å²) in [6.45, 7) is 5.80. The van der Waals surface area contributed by atoms with E-state index in [-0.39, 0.29) is 0 Å². The van der Waals surface area contributed by atoms with Crippen molar-refractivity contribution in [2.45, 2.75) is 26.4 Å². The van der Waals surface area contributed by atoms with Gasteiger partial charge < -0.3 is 10.1 Å². The average Bonchev–Trinajstić information content (AvgIpc) is 2.94. The molecule has 0 aromatic carbocycles. The Morgan fingerprint density at radius 3 is 3.00 bits per heavy atom. The first kappa shape index (κ1) is 14.6. The van der Waals surface area contributed by atoms with Crippen LogP contribution in [0, 0.1) is 0 Å². The molecule has 108 valence electrons. The van der Waals surface area contributed by atoms with E-state index in [4.69, 9.17) is 4.74 Å². The Labute approximate surface area is 119 Å². The Bertz CT molecular complexity index is 485. The van der Waals surface area contributed by atoms with Crippen LogP contribution < -0.4 is 5.32 Å². The molecule has 20 heavy (non-hydrogen) atoms. The molecule has 2 rings (SSSR count). The van der Waals surface area contributed by atoms with Crippen LogP contribution in [0.5, 0.6) is 0 Å². The van der Waals surface area contributed by atoms with E-state index in [1.807, 2.05) is 29.1 Å². The van der Waals surface area contributed by atoms with E-state index < -0.39 is 0 Å². The first-order valence-corrected chi connectivity index (χ1v) is 6.96. The third-order valence-corrected chi connectivity index (χ3v) is 2.84. The quantitative estimate of drug-likeness (QED) is 0.693. The van der Waals surface area contributed by atoms with E-state index in [0.717, 1.165) is 37.4 Å². The fourth-order valence-electron chi connectivity index (χ4n) is 1.76. The molecule has 6 heteroatoms. The predicted molar refractivity (Wildman–Crippen MR) is 76.2 cm³/mol. The minimum atomic E-state index is 0.636. The predicted octanol–water partition coefficient (Wildman–Crippen LogP) is 1.04. The monoisotopic (exact) mass is 275 g/mol. The number of hydrogen-bond donors (Lipinski definition) is 1. The van der Waals surface area contributed by atoms with Crippen LogP contribution in [0.1, 0.15) is 18.3 Å². The molecular weight excluding hydrogens is 254 g/mol. The van der Waals surface area contributed by atoms with Gasteiger partial charge in [-0.15, -0.1) is 5.10 Å². The minimum absolute atomic E-state index is 0.636. The standard InChI is InChI=1S/C14H21N5O/c1-2-15-11-14-12-19(18-17-14)8-10-20-9-6-13-5-3-4-7-16-13/h3-5,7,12,15H,2,6,8-11H2,1H3. The minimum Gasteiger partial charge on any atom is -0.379 e. The molecule has 0 fully saturated rings. The lowest BCUT2D eigenvalue weighted by Crippen LogP contribution is -2.12. The lowest BCUT2D eigenvalue weighted by Gasteiger charge is -2.03. The van der Waals surface area contributed by atoms with Gasteiger partial charge in [-0.2, -0.15) is 0 Å². The molecule has 6 nitrogen and oxygen atoms in total. The van der Waals surface area contributed by atoms with Gasteiger partial charge >= 0.3 is 0 Å². The summed E-state index contributed by atoms with van der Waals surface area (Å²) in [6.07, 6.45) is 4.59. The highest BCUT2D eigenvalue weighted by molar-refractivity contribution is 5.03. The molecule has 2 heterocycles. The number of ether oxygens (including phenoxy) is 1. The lowest BCUT2D eigenvalue weighted by atomic mass is 10.3. The molecule has 0 atom stereocenters. The summed E-state index contributed by atoms with van der Waals surface area (Å²) < 4.78 is 7.40. The summed E-state index contributed by atoms with van der Waals surface area (Å²) in [6, 6.07) is 5.91. The SMILES string of the molecule is CCNCc1cn(CCOCCc2ccccn2)nn1. The van der Waals surface area contributed by atoms with Gasteiger partial charge in [-0.05, 0) is 18.7 Å². The molecule has 1 N–H and O–H groups in total. The molecule has 2 aromatic rings. The van der Waals surface area contributed by atoms with Crippen molar-refractivity contribution in [2.75, 3.05) is 19.8 Å². The van der Waals surface area contributed by atoms with Gasteiger partial charge in [-0.25, -0.2) is 4.68 Å². The van der Waals surface area contributed by atoms with Gasteiger partial charge in [0.1, 0.15) is 0 Å². The average molecular weight is 275 g/mol. The molecule has 0 aliphatic heterocycles. The van der Waals surface area contributed by atoms with Crippen LogP contribution in [0.4, 0.5) is 0 Å². The van der Waals surface area contributed by atoms with Crippen molar-refractivity contribution in [2.24, 2.45) is 0 Å². The van der Waals surface area contributed by atoms with Crippen LogP contribution in [-0.2, 0) is 24.2 Å². The third kappa shape index (κ3) is 5.07. The second-order valence-electron chi connectivity index (χ2n) is 4.44. The van der Waals surface area contributed by atoms with Crippen LogP contribution >= 0.6 is 0 Å². The molecule has 0 radical (unpaired) electrons. The number of aromatic nitrogens is 4. The van der Waals surface area contributed by atoms with Gasteiger partial charge in [0.2, 0.25) is 0 Å². The van der Waals surface area contributed by atoms with Crippen LogP contribution in [0.15, 0.2) is 30.6 Å². The highest BCUT2D eigenvalue weighted by atomic mass is 16.5. The smallest absolute Gasteiger partial charge is 0.0964 e. The highest BCUT2D eigenvalue weighted by Gasteiger charge is 2.00. The van der Waals surface area contributed by atoms with Crippen molar-refractivity contribution in [3.8, 4) is 0 Å². The molecule has 0 unspecified atom stereocenters. The molecule has 0 spiro atoms. The van der Waals surface area contributed by atoms with Gasteiger partial charge in [0.05, 0.1) is 25.5 Å². The molecule has 0 aliphatic rings. The van der Waals surface area contributed by atoms with Crippen LogP contribution in [0.2, 0.25) is 0 Å². The molecule has 2 aromatic heterocycles. The highest BCUT2D eigenvalue weighted by Crippen LogP contribution is 1.96.